The zero-order valence-corrected chi connectivity index (χ0v) is 17.4. The van der Waals surface area contributed by atoms with Gasteiger partial charge in [0, 0.05) is 23.1 Å². The Morgan fingerprint density at radius 2 is 1.50 bits per heavy atom. The van der Waals surface area contributed by atoms with Gasteiger partial charge in [-0.05, 0) is 60.7 Å². The molecular weight excluding hydrogens is 423 g/mol. The minimum Gasteiger partial charge on any atom is -0.457 e. The molecule has 0 unspecified atom stereocenters. The Kier molecular flexibility index (Phi) is 5.79. The molecule has 7 heteroatoms. The van der Waals surface area contributed by atoms with Crippen LogP contribution >= 0.6 is 22.9 Å². The second-order valence-corrected chi connectivity index (χ2v) is 7.90. The molecule has 4 aromatic rings. The highest BCUT2D eigenvalue weighted by Crippen LogP contribution is 2.38. The highest BCUT2D eigenvalue weighted by molar-refractivity contribution is 7.19. The largest absolute Gasteiger partial charge is 0.457 e. The van der Waals surface area contributed by atoms with E-state index in [0.717, 1.165) is 16.1 Å². The Hall–Kier alpha value is -3.22. The van der Waals surface area contributed by atoms with Crippen LogP contribution in [-0.4, -0.2) is 10.9 Å². The van der Waals surface area contributed by atoms with Crippen LogP contribution in [0.3, 0.4) is 0 Å². The maximum atomic E-state index is 13.0. The summed E-state index contributed by atoms with van der Waals surface area (Å²) in [5.41, 5.74) is 2.44. The number of hydrogen-bond donors (Lipinski definition) is 1. The van der Waals surface area contributed by atoms with Crippen LogP contribution in [-0.2, 0) is 4.79 Å². The summed E-state index contributed by atoms with van der Waals surface area (Å²) >= 11 is 7.38. The van der Waals surface area contributed by atoms with Crippen molar-refractivity contribution in [2.75, 3.05) is 5.32 Å². The predicted octanol–water partition coefficient (Wildman–Crippen LogP) is 7.02. The minimum absolute atomic E-state index is 0.163. The fourth-order valence-electron chi connectivity index (χ4n) is 2.80. The molecule has 4 rings (SSSR count). The molecular formula is C23H16ClFN2O2S. The summed E-state index contributed by atoms with van der Waals surface area (Å²) in [5.74, 6) is 0.703. The van der Waals surface area contributed by atoms with Gasteiger partial charge in [0.25, 0.3) is 0 Å². The maximum absolute atomic E-state index is 13.0. The summed E-state index contributed by atoms with van der Waals surface area (Å²) in [5, 5.41) is 4.92. The van der Waals surface area contributed by atoms with Crippen molar-refractivity contribution >= 4 is 33.8 Å². The Morgan fingerprint density at radius 1 is 0.933 bits per heavy atom. The summed E-state index contributed by atoms with van der Waals surface area (Å²) < 4.78 is 18.8. The SMILES string of the molecule is CC(=O)Nc1sc(-c2ccc(Oc3ccc(F)cc3)cc2)nc1-c1ccc(Cl)cc1. The number of halogens is 2. The van der Waals surface area contributed by atoms with Crippen LogP contribution in [0.4, 0.5) is 9.39 Å². The van der Waals surface area contributed by atoms with E-state index in [-0.39, 0.29) is 11.7 Å². The van der Waals surface area contributed by atoms with Crippen molar-refractivity contribution in [3.05, 3.63) is 83.6 Å². The first-order chi connectivity index (χ1) is 14.5. The van der Waals surface area contributed by atoms with Crippen molar-refractivity contribution in [1.29, 1.82) is 0 Å². The molecule has 0 spiro atoms. The number of carbonyl (C=O) groups excluding carboxylic acids is 1. The lowest BCUT2D eigenvalue weighted by Gasteiger charge is -2.06. The Morgan fingerprint density at radius 3 is 2.10 bits per heavy atom. The first-order valence-corrected chi connectivity index (χ1v) is 10.3. The van der Waals surface area contributed by atoms with E-state index in [4.69, 9.17) is 21.3 Å². The summed E-state index contributed by atoms with van der Waals surface area (Å²) in [6, 6.07) is 20.6. The van der Waals surface area contributed by atoms with Crippen LogP contribution in [0, 0.1) is 5.82 Å². The van der Waals surface area contributed by atoms with Gasteiger partial charge >= 0.3 is 0 Å². The number of ether oxygens (including phenoxy) is 1. The molecule has 1 heterocycles. The molecule has 3 aromatic carbocycles. The van der Waals surface area contributed by atoms with Gasteiger partial charge in [-0.15, -0.1) is 0 Å². The molecule has 0 aliphatic carbocycles. The normalized spacial score (nSPS) is 10.6. The summed E-state index contributed by atoms with van der Waals surface area (Å²) in [6.45, 7) is 1.46. The summed E-state index contributed by atoms with van der Waals surface area (Å²) in [4.78, 5) is 16.4. The third kappa shape index (κ3) is 4.67. The van der Waals surface area contributed by atoms with E-state index in [9.17, 15) is 9.18 Å². The monoisotopic (exact) mass is 438 g/mol. The number of thiazole rings is 1. The molecule has 0 saturated carbocycles. The lowest BCUT2D eigenvalue weighted by atomic mass is 10.1. The van der Waals surface area contributed by atoms with Gasteiger partial charge in [0.15, 0.2) is 0 Å². The molecule has 0 atom stereocenters. The van der Waals surface area contributed by atoms with Gasteiger partial charge in [-0.25, -0.2) is 9.37 Å². The van der Waals surface area contributed by atoms with Gasteiger partial charge in [0.05, 0.1) is 0 Å². The third-order valence-corrected chi connectivity index (χ3v) is 5.46. The number of benzene rings is 3. The lowest BCUT2D eigenvalue weighted by molar-refractivity contribution is -0.114. The smallest absolute Gasteiger partial charge is 0.221 e. The maximum Gasteiger partial charge on any atom is 0.221 e. The molecule has 4 nitrogen and oxygen atoms in total. The minimum atomic E-state index is -0.312. The molecule has 1 aromatic heterocycles. The summed E-state index contributed by atoms with van der Waals surface area (Å²) in [7, 11) is 0. The van der Waals surface area contributed by atoms with Gasteiger partial charge in [-0.2, -0.15) is 0 Å². The molecule has 30 heavy (non-hydrogen) atoms. The van der Waals surface area contributed by atoms with Crippen LogP contribution in [0.25, 0.3) is 21.8 Å². The quantitative estimate of drug-likeness (QED) is 0.364. The van der Waals surface area contributed by atoms with Crippen molar-refractivity contribution in [3.63, 3.8) is 0 Å². The second kappa shape index (κ2) is 8.65. The molecule has 0 bridgehead atoms. The molecule has 0 aliphatic rings. The number of aromatic nitrogens is 1. The second-order valence-electron chi connectivity index (χ2n) is 6.47. The van der Waals surface area contributed by atoms with Gasteiger partial charge in [-0.3, -0.25) is 4.79 Å². The average Bonchev–Trinajstić information content (AvgIpc) is 3.14. The van der Waals surface area contributed by atoms with E-state index >= 15 is 0 Å². The molecule has 0 fully saturated rings. The molecule has 0 aliphatic heterocycles. The topological polar surface area (TPSA) is 51.2 Å². The third-order valence-electron chi connectivity index (χ3n) is 4.18. The number of amides is 1. The fraction of sp³-hybridized carbons (Fsp3) is 0.0435. The predicted molar refractivity (Wildman–Crippen MR) is 119 cm³/mol. The fourth-order valence-corrected chi connectivity index (χ4v) is 3.96. The Labute approximate surface area is 181 Å². The number of anilines is 1. The van der Waals surface area contributed by atoms with Crippen LogP contribution in [0.1, 0.15) is 6.92 Å². The number of nitrogens with zero attached hydrogens (tertiary/aromatic N) is 1. The van der Waals surface area contributed by atoms with E-state index in [2.05, 4.69) is 5.32 Å². The number of carbonyl (C=O) groups is 1. The number of nitrogens with one attached hydrogen (secondary N) is 1. The van der Waals surface area contributed by atoms with Gasteiger partial charge in [0.2, 0.25) is 5.91 Å². The lowest BCUT2D eigenvalue weighted by Crippen LogP contribution is -2.05. The van der Waals surface area contributed by atoms with Crippen molar-refractivity contribution in [3.8, 4) is 33.3 Å². The van der Waals surface area contributed by atoms with E-state index in [1.165, 1.54) is 30.4 Å². The van der Waals surface area contributed by atoms with Crippen molar-refractivity contribution < 1.29 is 13.9 Å². The molecule has 150 valence electrons. The Balaban J connectivity index is 1.62. The van der Waals surface area contributed by atoms with Crippen LogP contribution in [0.5, 0.6) is 11.5 Å². The van der Waals surface area contributed by atoms with Gasteiger partial charge in [-0.1, -0.05) is 35.1 Å². The first kappa shape index (κ1) is 20.1. The number of hydrogen-bond acceptors (Lipinski definition) is 4. The zero-order chi connectivity index (χ0) is 21.1. The van der Waals surface area contributed by atoms with E-state index < -0.39 is 0 Å². The van der Waals surface area contributed by atoms with Gasteiger partial charge < -0.3 is 10.1 Å². The van der Waals surface area contributed by atoms with Crippen molar-refractivity contribution in [2.24, 2.45) is 0 Å². The van der Waals surface area contributed by atoms with Crippen LogP contribution < -0.4 is 10.1 Å². The molecule has 1 N–H and O–H groups in total. The Bertz CT molecular complexity index is 1170. The zero-order valence-electron chi connectivity index (χ0n) is 15.9. The van der Waals surface area contributed by atoms with E-state index in [1.807, 2.05) is 36.4 Å². The van der Waals surface area contributed by atoms with E-state index in [0.29, 0.717) is 27.2 Å². The van der Waals surface area contributed by atoms with Crippen LogP contribution in [0.15, 0.2) is 72.8 Å². The molecule has 0 saturated heterocycles. The van der Waals surface area contributed by atoms with Crippen molar-refractivity contribution in [2.45, 2.75) is 6.92 Å². The summed E-state index contributed by atoms with van der Waals surface area (Å²) in [6.07, 6.45) is 0. The first-order valence-electron chi connectivity index (χ1n) is 9.06. The van der Waals surface area contributed by atoms with Crippen LogP contribution in [0.2, 0.25) is 5.02 Å². The highest BCUT2D eigenvalue weighted by Gasteiger charge is 2.15. The number of rotatable bonds is 5. The van der Waals surface area contributed by atoms with Gasteiger partial charge in [0.1, 0.15) is 33.0 Å². The van der Waals surface area contributed by atoms with E-state index in [1.54, 1.807) is 24.3 Å². The average molecular weight is 439 g/mol. The highest BCUT2D eigenvalue weighted by atomic mass is 35.5. The van der Waals surface area contributed by atoms with Crippen molar-refractivity contribution in [1.82, 2.24) is 4.98 Å². The molecule has 0 radical (unpaired) electrons. The standard InChI is InChI=1S/C23H16ClFN2O2S/c1-14(28)26-23-21(15-2-6-17(24)7-3-15)27-22(30-23)16-4-10-19(11-5-16)29-20-12-8-18(25)9-13-20/h2-13H,1H3,(H,26,28). The molecule has 1 amide bonds.